The van der Waals surface area contributed by atoms with Crippen LogP contribution in [0.4, 0.5) is 43.7 Å². The van der Waals surface area contributed by atoms with Gasteiger partial charge >= 0.3 is 24.1 Å². The van der Waals surface area contributed by atoms with E-state index >= 15 is 0 Å². The Morgan fingerprint density at radius 1 is 0.514 bits per heavy atom. The van der Waals surface area contributed by atoms with E-state index in [1.807, 2.05) is 97.1 Å². The van der Waals surface area contributed by atoms with Crippen LogP contribution in [0.1, 0.15) is 69.7 Å². The fraction of sp³-hybridized carbons (Fsp3) is 0.222. The molecular weight excluding hydrogens is 936 g/mol. The van der Waals surface area contributed by atoms with Crippen molar-refractivity contribution in [2.45, 2.75) is 48.3 Å². The molecule has 12 rings (SSSR count). The molecule has 4 atom stereocenters. The number of anilines is 6. The molecule has 70 heavy (non-hydrogen) atoms. The van der Waals surface area contributed by atoms with Crippen LogP contribution in [-0.2, 0) is 40.7 Å². The van der Waals surface area contributed by atoms with E-state index < -0.39 is 45.8 Å². The number of aromatic carboxylic acids is 2. The molecule has 352 valence electrons. The Morgan fingerprint density at radius 3 is 1.21 bits per heavy atom. The number of halogens is 2. The summed E-state index contributed by atoms with van der Waals surface area (Å²) < 4.78 is 10.1. The SMILES string of the molecule is C[C@@]1(c2ccc(Cl)cc2)C[C@]12C(=O)N(c1cc(C(=O)O)cc(N3CCOC3=O)c1)c1ccccc12.C[C@]1(c2ccc(Cl)cc2)C[C@@]12C(=O)N(c1cc(C(=O)O)cc(N3CCOC3=O)c1)c1ccccc12. The van der Waals surface area contributed by atoms with Gasteiger partial charge in [0.1, 0.15) is 13.2 Å². The first-order valence-electron chi connectivity index (χ1n) is 22.6. The number of fused-ring (bicyclic) bond motifs is 4. The second kappa shape index (κ2) is 15.9. The summed E-state index contributed by atoms with van der Waals surface area (Å²) in [6.07, 6.45) is 0.164. The largest absolute Gasteiger partial charge is 0.478 e. The topological polar surface area (TPSA) is 174 Å². The number of carbonyl (C=O) groups is 6. The Labute approximate surface area is 411 Å². The highest BCUT2D eigenvalue weighted by atomic mass is 35.5. The van der Waals surface area contributed by atoms with E-state index in [1.54, 1.807) is 21.9 Å². The van der Waals surface area contributed by atoms with Crippen LogP contribution in [0.2, 0.25) is 10.0 Å². The molecule has 6 aromatic carbocycles. The summed E-state index contributed by atoms with van der Waals surface area (Å²) in [6.45, 7) is 5.22. The van der Waals surface area contributed by atoms with E-state index in [1.165, 1.54) is 34.1 Å². The summed E-state index contributed by atoms with van der Waals surface area (Å²) in [6, 6.07) is 39.5. The fourth-order valence-corrected chi connectivity index (χ4v) is 11.6. The quantitative estimate of drug-likeness (QED) is 0.149. The molecule has 4 amide bonds. The van der Waals surface area contributed by atoms with Crippen LogP contribution in [0.15, 0.2) is 133 Å². The molecule has 0 bridgehead atoms. The van der Waals surface area contributed by atoms with Crippen molar-refractivity contribution >= 4 is 93.3 Å². The Hall–Kier alpha value is -7.68. The van der Waals surface area contributed by atoms with Gasteiger partial charge in [0, 0.05) is 20.9 Å². The van der Waals surface area contributed by atoms with Gasteiger partial charge in [0.25, 0.3) is 0 Å². The standard InChI is InChI=1S/2C27H21ClN2O5/c2*1-26(17-6-8-18(28)9-7-17)15-27(26)21-4-2-3-5-22(21)30(24(27)33)20-13-16(23(31)32)12-19(14-20)29-10-11-35-25(29)34/h2*2-9,12-14H,10-11,15H2,1H3,(H,31,32)/t2*26-,27-/m10/s1. The number of carbonyl (C=O) groups excluding carboxylic acids is 4. The Kier molecular flexibility index (Phi) is 10.2. The van der Waals surface area contributed by atoms with E-state index in [0.717, 1.165) is 22.3 Å². The maximum Gasteiger partial charge on any atom is 0.414 e. The van der Waals surface area contributed by atoms with Crippen molar-refractivity contribution in [3.8, 4) is 0 Å². The maximum atomic E-state index is 14.2. The lowest BCUT2D eigenvalue weighted by molar-refractivity contribution is -0.120. The smallest absolute Gasteiger partial charge is 0.414 e. The first-order chi connectivity index (χ1) is 33.5. The van der Waals surface area contributed by atoms with Crippen molar-refractivity contribution in [1.29, 1.82) is 0 Å². The van der Waals surface area contributed by atoms with Crippen LogP contribution in [0.5, 0.6) is 0 Å². The first kappa shape index (κ1) is 44.8. The summed E-state index contributed by atoms with van der Waals surface area (Å²) in [5.74, 6) is -2.53. The highest BCUT2D eigenvalue weighted by Gasteiger charge is 2.76. The zero-order valence-electron chi connectivity index (χ0n) is 37.6. The Balaban J connectivity index is 0.000000152. The lowest BCUT2D eigenvalue weighted by Crippen LogP contribution is -2.33. The summed E-state index contributed by atoms with van der Waals surface area (Å²) in [5, 5.41) is 20.8. The molecule has 6 aliphatic rings. The second-order valence-electron chi connectivity index (χ2n) is 18.8. The number of hydrogen-bond acceptors (Lipinski definition) is 8. The van der Waals surface area contributed by atoms with Crippen molar-refractivity contribution in [3.05, 3.63) is 177 Å². The van der Waals surface area contributed by atoms with Gasteiger partial charge in [-0.1, -0.05) is 97.7 Å². The Morgan fingerprint density at radius 2 is 0.871 bits per heavy atom. The van der Waals surface area contributed by atoms with Gasteiger partial charge in [-0.2, -0.15) is 0 Å². The summed E-state index contributed by atoms with van der Waals surface area (Å²) in [7, 11) is 0. The highest BCUT2D eigenvalue weighted by molar-refractivity contribution is 6.31. The van der Waals surface area contributed by atoms with Crippen molar-refractivity contribution in [3.63, 3.8) is 0 Å². The number of carboxylic acids is 2. The van der Waals surface area contributed by atoms with E-state index in [-0.39, 0.29) is 36.2 Å². The third kappa shape index (κ3) is 6.53. The van der Waals surface area contributed by atoms with E-state index in [0.29, 0.717) is 70.1 Å². The molecule has 2 N–H and O–H groups in total. The summed E-state index contributed by atoms with van der Waals surface area (Å²) in [5.41, 5.74) is 4.39. The minimum Gasteiger partial charge on any atom is -0.478 e. The molecule has 16 heteroatoms. The number of benzene rings is 6. The molecule has 2 spiro atoms. The maximum absolute atomic E-state index is 14.2. The van der Waals surface area contributed by atoms with Gasteiger partial charge in [0.15, 0.2) is 0 Å². The molecule has 2 saturated carbocycles. The van der Waals surface area contributed by atoms with Gasteiger partial charge in [0.2, 0.25) is 11.8 Å². The normalized spacial score (nSPS) is 24.6. The fourth-order valence-electron chi connectivity index (χ4n) is 11.4. The predicted molar refractivity (Wildman–Crippen MR) is 262 cm³/mol. The lowest BCUT2D eigenvalue weighted by Gasteiger charge is -2.23. The van der Waals surface area contributed by atoms with Crippen molar-refractivity contribution < 1.29 is 48.5 Å². The number of para-hydroxylation sites is 2. The molecule has 6 aromatic rings. The van der Waals surface area contributed by atoms with Crippen LogP contribution in [-0.4, -0.2) is 72.5 Å². The molecule has 4 heterocycles. The number of amides is 4. The van der Waals surface area contributed by atoms with Gasteiger partial charge in [0.05, 0.1) is 69.2 Å². The monoisotopic (exact) mass is 976 g/mol. The number of nitrogens with zero attached hydrogens (tertiary/aromatic N) is 4. The summed E-state index contributed by atoms with van der Waals surface area (Å²) >= 11 is 12.2. The number of hydrogen-bond donors (Lipinski definition) is 2. The minimum absolute atomic E-state index is 0.0142. The molecule has 2 saturated heterocycles. The Bertz CT molecular complexity index is 3060. The minimum atomic E-state index is -1.15. The van der Waals surface area contributed by atoms with Crippen LogP contribution in [0.3, 0.4) is 0 Å². The van der Waals surface area contributed by atoms with Crippen LogP contribution < -0.4 is 19.6 Å². The second-order valence-corrected chi connectivity index (χ2v) is 19.6. The molecule has 4 aliphatic heterocycles. The summed E-state index contributed by atoms with van der Waals surface area (Å²) in [4.78, 5) is 82.7. The average Bonchev–Trinajstić information content (AvgIpc) is 3.79. The van der Waals surface area contributed by atoms with Gasteiger partial charge < -0.3 is 19.7 Å². The van der Waals surface area contributed by atoms with E-state index in [4.69, 9.17) is 32.7 Å². The molecule has 4 fully saturated rings. The van der Waals surface area contributed by atoms with Gasteiger partial charge in [-0.15, -0.1) is 0 Å². The van der Waals surface area contributed by atoms with Crippen molar-refractivity contribution in [1.82, 2.24) is 0 Å². The highest BCUT2D eigenvalue weighted by Crippen LogP contribution is 2.72. The van der Waals surface area contributed by atoms with Gasteiger partial charge in [-0.3, -0.25) is 29.2 Å². The number of cyclic esters (lactones) is 2. The third-order valence-corrected chi connectivity index (χ3v) is 15.6. The predicted octanol–water partition coefficient (Wildman–Crippen LogP) is 10.5. The number of carboxylic acid groups (broad SMARTS) is 2. The molecule has 0 unspecified atom stereocenters. The van der Waals surface area contributed by atoms with Crippen LogP contribution in [0.25, 0.3) is 0 Å². The zero-order valence-corrected chi connectivity index (χ0v) is 39.2. The number of ether oxygens (including phenoxy) is 2. The molecule has 0 radical (unpaired) electrons. The zero-order chi connectivity index (χ0) is 49.1. The molecule has 2 aliphatic carbocycles. The van der Waals surface area contributed by atoms with Crippen molar-refractivity contribution in [2.75, 3.05) is 45.9 Å². The molecule has 0 aromatic heterocycles. The van der Waals surface area contributed by atoms with Crippen LogP contribution in [0, 0.1) is 0 Å². The first-order valence-corrected chi connectivity index (χ1v) is 23.3. The van der Waals surface area contributed by atoms with Gasteiger partial charge in [-0.25, -0.2) is 19.2 Å². The van der Waals surface area contributed by atoms with Crippen molar-refractivity contribution in [2.24, 2.45) is 0 Å². The number of rotatable bonds is 8. The third-order valence-electron chi connectivity index (χ3n) is 15.1. The van der Waals surface area contributed by atoms with E-state index in [2.05, 4.69) is 13.8 Å². The molecule has 14 nitrogen and oxygen atoms in total. The molecular formula is C54H42Cl2N4O10. The average molecular weight is 978 g/mol. The van der Waals surface area contributed by atoms with Crippen LogP contribution >= 0.6 is 23.2 Å². The van der Waals surface area contributed by atoms with Gasteiger partial charge in [-0.05, 0) is 108 Å². The lowest BCUT2D eigenvalue weighted by atomic mass is 9.83. The van der Waals surface area contributed by atoms with E-state index in [9.17, 15) is 39.0 Å².